The van der Waals surface area contributed by atoms with E-state index in [0.29, 0.717) is 5.82 Å². The fourth-order valence-electron chi connectivity index (χ4n) is 1.34. The third kappa shape index (κ3) is 2.71. The van der Waals surface area contributed by atoms with Crippen LogP contribution in [0, 0.1) is 0 Å². The molecule has 1 aromatic rings. The molecule has 0 atom stereocenters. The van der Waals surface area contributed by atoms with Crippen molar-refractivity contribution in [3.63, 3.8) is 0 Å². The lowest BCUT2D eigenvalue weighted by Gasteiger charge is -2.15. The van der Waals surface area contributed by atoms with E-state index in [0.717, 1.165) is 6.07 Å². The van der Waals surface area contributed by atoms with Crippen LogP contribution < -0.4 is 10.1 Å². The molecule has 1 aromatic carbocycles. The fraction of sp³-hybridized carbons (Fsp3) is 0.0833. The number of nitrogens with one attached hydrogen (secondary N) is 1. The van der Waals surface area contributed by atoms with Gasteiger partial charge < -0.3 is 10.1 Å². The van der Waals surface area contributed by atoms with Gasteiger partial charge in [0.05, 0.1) is 11.8 Å². The summed E-state index contributed by atoms with van der Waals surface area (Å²) >= 11 is 0. The van der Waals surface area contributed by atoms with E-state index in [1.165, 1.54) is 30.6 Å². The first-order valence-corrected chi connectivity index (χ1v) is 5.00. The molecule has 0 fully saturated rings. The molecule has 94 valence electrons. The number of aliphatic imine (C=N–C) groups is 1. The molecule has 0 spiro atoms. The summed E-state index contributed by atoms with van der Waals surface area (Å²) in [7, 11) is 0. The highest BCUT2D eigenvalue weighted by Crippen LogP contribution is 2.36. The molecular formula is C12H9F3N2O. The van der Waals surface area contributed by atoms with Crippen LogP contribution >= 0.6 is 0 Å². The summed E-state index contributed by atoms with van der Waals surface area (Å²) in [6.07, 6.45) is -1.77. The molecular weight excluding hydrogens is 245 g/mol. The third-order valence-corrected chi connectivity index (χ3v) is 2.15. The number of nitrogens with zero attached hydrogens (tertiary/aromatic N) is 1. The van der Waals surface area contributed by atoms with Crippen LogP contribution in [-0.4, -0.2) is 6.21 Å². The Morgan fingerprint density at radius 1 is 1.22 bits per heavy atom. The van der Waals surface area contributed by atoms with E-state index < -0.39 is 11.7 Å². The molecule has 0 unspecified atom stereocenters. The molecule has 1 aliphatic rings. The largest absolute Gasteiger partial charge is 0.454 e. The first-order valence-electron chi connectivity index (χ1n) is 5.00. The first kappa shape index (κ1) is 12.2. The van der Waals surface area contributed by atoms with E-state index in [1.54, 1.807) is 0 Å². The standard InChI is InChI=1S/C12H9F3N2O/c1-8-16-6-9(7-17-8)18-11-5-3-2-4-10(11)12(13,14)15/h2-7,16H,1H2. The highest BCUT2D eigenvalue weighted by atomic mass is 19.4. The van der Waals surface area contributed by atoms with Gasteiger partial charge in [0.25, 0.3) is 0 Å². The minimum atomic E-state index is -4.46. The van der Waals surface area contributed by atoms with Gasteiger partial charge in [-0.1, -0.05) is 18.7 Å². The number of rotatable bonds is 2. The summed E-state index contributed by atoms with van der Waals surface area (Å²) in [4.78, 5) is 3.79. The Balaban J connectivity index is 2.25. The van der Waals surface area contributed by atoms with Crippen molar-refractivity contribution >= 4 is 6.21 Å². The molecule has 1 N–H and O–H groups in total. The first-order chi connectivity index (χ1) is 8.47. The van der Waals surface area contributed by atoms with E-state index in [4.69, 9.17) is 4.74 Å². The second kappa shape index (κ2) is 4.56. The van der Waals surface area contributed by atoms with Crippen molar-refractivity contribution in [2.45, 2.75) is 6.18 Å². The van der Waals surface area contributed by atoms with Crippen LogP contribution in [-0.2, 0) is 6.18 Å². The van der Waals surface area contributed by atoms with Gasteiger partial charge in [-0.25, -0.2) is 4.99 Å². The molecule has 0 aliphatic carbocycles. The molecule has 1 heterocycles. The predicted octanol–water partition coefficient (Wildman–Crippen LogP) is 3.07. The van der Waals surface area contributed by atoms with Gasteiger partial charge in [0, 0.05) is 6.20 Å². The van der Waals surface area contributed by atoms with Crippen molar-refractivity contribution < 1.29 is 17.9 Å². The third-order valence-electron chi connectivity index (χ3n) is 2.15. The zero-order valence-electron chi connectivity index (χ0n) is 9.16. The van der Waals surface area contributed by atoms with Gasteiger partial charge in [0.15, 0.2) is 5.76 Å². The number of alkyl halides is 3. The highest BCUT2D eigenvalue weighted by molar-refractivity contribution is 5.78. The van der Waals surface area contributed by atoms with Crippen LogP contribution in [0.2, 0.25) is 0 Å². The molecule has 0 saturated carbocycles. The fourth-order valence-corrected chi connectivity index (χ4v) is 1.34. The Labute approximate surface area is 101 Å². The number of halogens is 3. The Morgan fingerprint density at radius 3 is 2.56 bits per heavy atom. The van der Waals surface area contributed by atoms with Gasteiger partial charge >= 0.3 is 6.18 Å². The van der Waals surface area contributed by atoms with Crippen molar-refractivity contribution in [2.75, 3.05) is 0 Å². The molecule has 0 bridgehead atoms. The van der Waals surface area contributed by atoms with Gasteiger partial charge in [0.2, 0.25) is 0 Å². The maximum Gasteiger partial charge on any atom is 0.419 e. The summed E-state index contributed by atoms with van der Waals surface area (Å²) in [5.74, 6) is 0.308. The summed E-state index contributed by atoms with van der Waals surface area (Å²) in [5.41, 5.74) is -0.830. The topological polar surface area (TPSA) is 33.6 Å². The molecule has 1 aliphatic heterocycles. The quantitative estimate of drug-likeness (QED) is 0.879. The number of benzene rings is 1. The zero-order valence-corrected chi connectivity index (χ0v) is 9.16. The van der Waals surface area contributed by atoms with E-state index >= 15 is 0 Å². The zero-order chi connectivity index (χ0) is 13.2. The summed E-state index contributed by atoms with van der Waals surface area (Å²) < 4.78 is 43.3. The SMILES string of the molecule is C=C1N=CC(Oc2ccccc2C(F)(F)F)=CN1. The monoisotopic (exact) mass is 254 g/mol. The van der Waals surface area contributed by atoms with Crippen molar-refractivity contribution in [3.05, 3.63) is 54.2 Å². The van der Waals surface area contributed by atoms with Crippen LogP contribution in [0.15, 0.2) is 53.6 Å². The van der Waals surface area contributed by atoms with E-state index in [9.17, 15) is 13.2 Å². The Hall–Kier alpha value is -2.24. The molecule has 0 saturated heterocycles. The molecule has 0 radical (unpaired) electrons. The van der Waals surface area contributed by atoms with Gasteiger partial charge in [-0.2, -0.15) is 13.2 Å². The average Bonchev–Trinajstić information content (AvgIpc) is 2.31. The lowest BCUT2D eigenvalue weighted by molar-refractivity contribution is -0.138. The van der Waals surface area contributed by atoms with Crippen LogP contribution in [0.1, 0.15) is 5.56 Å². The Bertz CT molecular complexity index is 532. The van der Waals surface area contributed by atoms with Gasteiger partial charge in [-0.05, 0) is 12.1 Å². The molecule has 0 amide bonds. The van der Waals surface area contributed by atoms with Crippen LogP contribution in [0.5, 0.6) is 5.75 Å². The van der Waals surface area contributed by atoms with Crippen molar-refractivity contribution in [1.82, 2.24) is 5.32 Å². The van der Waals surface area contributed by atoms with Gasteiger partial charge in [0.1, 0.15) is 11.6 Å². The molecule has 6 heteroatoms. The Morgan fingerprint density at radius 2 is 1.94 bits per heavy atom. The highest BCUT2D eigenvalue weighted by Gasteiger charge is 2.34. The second-order valence-electron chi connectivity index (χ2n) is 3.49. The number of para-hydroxylation sites is 1. The van der Waals surface area contributed by atoms with Crippen LogP contribution in [0.3, 0.4) is 0 Å². The number of hydrogen-bond donors (Lipinski definition) is 1. The average molecular weight is 254 g/mol. The number of hydrogen-bond acceptors (Lipinski definition) is 3. The van der Waals surface area contributed by atoms with Crippen LogP contribution in [0.4, 0.5) is 13.2 Å². The number of ether oxygens (including phenoxy) is 1. The normalized spacial score (nSPS) is 15.1. The minimum absolute atomic E-state index is 0.180. The second-order valence-corrected chi connectivity index (χ2v) is 3.49. The van der Waals surface area contributed by atoms with E-state index in [2.05, 4.69) is 16.9 Å². The van der Waals surface area contributed by atoms with E-state index in [1.807, 2.05) is 0 Å². The van der Waals surface area contributed by atoms with Crippen molar-refractivity contribution in [2.24, 2.45) is 4.99 Å². The summed E-state index contributed by atoms with van der Waals surface area (Å²) in [6, 6.07) is 4.99. The smallest absolute Gasteiger partial charge is 0.419 e. The lowest BCUT2D eigenvalue weighted by Crippen LogP contribution is -2.14. The van der Waals surface area contributed by atoms with Gasteiger partial charge in [-0.3, -0.25) is 0 Å². The van der Waals surface area contributed by atoms with E-state index in [-0.39, 0.29) is 11.5 Å². The van der Waals surface area contributed by atoms with Gasteiger partial charge in [-0.15, -0.1) is 0 Å². The Kier molecular flexibility index (Phi) is 3.10. The predicted molar refractivity (Wildman–Crippen MR) is 60.9 cm³/mol. The summed E-state index contributed by atoms with van der Waals surface area (Å²) in [6.45, 7) is 3.52. The lowest BCUT2D eigenvalue weighted by atomic mass is 10.2. The molecule has 2 rings (SSSR count). The molecule has 18 heavy (non-hydrogen) atoms. The summed E-state index contributed by atoms with van der Waals surface area (Å²) in [5, 5.41) is 2.65. The van der Waals surface area contributed by atoms with Crippen molar-refractivity contribution in [3.8, 4) is 5.75 Å². The maximum absolute atomic E-state index is 12.7. The van der Waals surface area contributed by atoms with Crippen LogP contribution in [0.25, 0.3) is 0 Å². The minimum Gasteiger partial charge on any atom is -0.454 e. The maximum atomic E-state index is 12.7. The van der Waals surface area contributed by atoms with Crippen molar-refractivity contribution in [1.29, 1.82) is 0 Å². The molecule has 0 aromatic heterocycles. The molecule has 3 nitrogen and oxygen atoms in total. The number of allylic oxidation sites excluding steroid dienone is 1.